The highest BCUT2D eigenvalue weighted by molar-refractivity contribution is 6.09. The molecule has 3 rings (SSSR count). The molecule has 1 aliphatic carbocycles. The largest absolute Gasteiger partial charge is 0.490 e. The number of nitrogens with one attached hydrogen (secondary N) is 2. The molecule has 2 aromatic rings. The Bertz CT molecular complexity index is 942. The summed E-state index contributed by atoms with van der Waals surface area (Å²) in [5.41, 5.74) is 3.82. The smallest absolute Gasteiger partial charge is 0.222 e. The second-order valence-corrected chi connectivity index (χ2v) is 7.14. The molecule has 1 aliphatic rings. The molecule has 2 aromatic carbocycles. The number of fused-ring (bicyclic) bond motifs is 1. The number of benzene rings is 2. The summed E-state index contributed by atoms with van der Waals surface area (Å²) < 4.78 is 16.9. The number of hydrogen-bond acceptors (Lipinski definition) is 6. The Kier molecular flexibility index (Phi) is 8.03. The maximum atomic E-state index is 9.11. The summed E-state index contributed by atoms with van der Waals surface area (Å²) >= 11 is 0. The highest BCUT2D eigenvalue weighted by atomic mass is 16.5. The second kappa shape index (κ2) is 10.9. The van der Waals surface area contributed by atoms with Gasteiger partial charge in [0.2, 0.25) is 5.90 Å². The summed E-state index contributed by atoms with van der Waals surface area (Å²) in [5.74, 6) is 1.79. The van der Waals surface area contributed by atoms with Gasteiger partial charge in [0.25, 0.3) is 0 Å². The number of ether oxygens (including phenoxy) is 3. The van der Waals surface area contributed by atoms with Crippen LogP contribution in [-0.2, 0) is 11.2 Å². The normalized spacial score (nSPS) is 15.5. The van der Waals surface area contributed by atoms with Crippen LogP contribution in [0.3, 0.4) is 0 Å². The van der Waals surface area contributed by atoms with E-state index in [4.69, 9.17) is 24.7 Å². The van der Waals surface area contributed by atoms with Crippen LogP contribution in [0.2, 0.25) is 0 Å². The maximum Gasteiger partial charge on any atom is 0.222 e. The molecule has 0 fully saturated rings. The molecule has 1 unspecified atom stereocenters. The average molecular weight is 426 g/mol. The third-order valence-corrected chi connectivity index (χ3v) is 5.23. The van der Waals surface area contributed by atoms with E-state index in [1.54, 1.807) is 7.11 Å². The van der Waals surface area contributed by atoms with Crippen molar-refractivity contribution in [2.24, 2.45) is 4.99 Å². The Labute approximate surface area is 183 Å². The van der Waals surface area contributed by atoms with E-state index < -0.39 is 0 Å². The number of aliphatic imine (C=N–C) groups is 1. The van der Waals surface area contributed by atoms with E-state index in [0.29, 0.717) is 42.7 Å². The molecule has 0 aliphatic heterocycles. The minimum atomic E-state index is 0.106. The van der Waals surface area contributed by atoms with Crippen molar-refractivity contribution in [3.63, 3.8) is 0 Å². The topological polar surface area (TPSA) is 96.2 Å². The van der Waals surface area contributed by atoms with Gasteiger partial charge in [0.1, 0.15) is 0 Å². The van der Waals surface area contributed by atoms with Gasteiger partial charge in [0.05, 0.1) is 26.9 Å². The molecule has 31 heavy (non-hydrogen) atoms. The Morgan fingerprint density at radius 3 is 2.65 bits per heavy atom. The SMILES string of the molecule is CCOc1ccc(C(=NC(=N)c2cccc3c2CCC3NCCO)OC)cc1OCC. The van der Waals surface area contributed by atoms with E-state index in [1.165, 1.54) is 5.56 Å². The molecule has 0 radical (unpaired) electrons. The van der Waals surface area contributed by atoms with Crippen molar-refractivity contribution in [3.05, 3.63) is 58.7 Å². The first-order valence-electron chi connectivity index (χ1n) is 10.7. The quantitative estimate of drug-likeness (QED) is 0.422. The van der Waals surface area contributed by atoms with Crippen LogP contribution in [0.4, 0.5) is 0 Å². The Morgan fingerprint density at radius 2 is 1.94 bits per heavy atom. The van der Waals surface area contributed by atoms with E-state index in [0.717, 1.165) is 24.0 Å². The van der Waals surface area contributed by atoms with Gasteiger partial charge >= 0.3 is 0 Å². The summed E-state index contributed by atoms with van der Waals surface area (Å²) in [5, 5.41) is 21.1. The lowest BCUT2D eigenvalue weighted by Gasteiger charge is -2.15. The highest BCUT2D eigenvalue weighted by Gasteiger charge is 2.25. The number of aliphatic hydroxyl groups excluding tert-OH is 1. The van der Waals surface area contributed by atoms with Gasteiger partial charge in [-0.3, -0.25) is 5.41 Å². The maximum absolute atomic E-state index is 9.11. The predicted molar refractivity (Wildman–Crippen MR) is 122 cm³/mol. The van der Waals surface area contributed by atoms with Gasteiger partial charge in [-0.1, -0.05) is 18.2 Å². The lowest BCUT2D eigenvalue weighted by atomic mass is 10.0. The predicted octanol–water partition coefficient (Wildman–Crippen LogP) is 3.47. The van der Waals surface area contributed by atoms with Crippen LogP contribution in [-0.4, -0.2) is 50.3 Å². The van der Waals surface area contributed by atoms with Crippen LogP contribution in [0.1, 0.15) is 48.6 Å². The Hall–Kier alpha value is -2.90. The van der Waals surface area contributed by atoms with Crippen LogP contribution in [0.25, 0.3) is 0 Å². The first kappa shape index (κ1) is 22.8. The minimum absolute atomic E-state index is 0.106. The fraction of sp³-hybridized carbons (Fsp3) is 0.417. The molecule has 0 amide bonds. The van der Waals surface area contributed by atoms with Crippen LogP contribution < -0.4 is 14.8 Å². The number of rotatable bonds is 9. The van der Waals surface area contributed by atoms with Crippen LogP contribution >= 0.6 is 0 Å². The number of nitrogens with zero attached hydrogens (tertiary/aromatic N) is 1. The van der Waals surface area contributed by atoms with Gasteiger partial charge in [-0.05, 0) is 56.0 Å². The molecule has 7 nitrogen and oxygen atoms in total. The average Bonchev–Trinajstić information content (AvgIpc) is 3.20. The number of methoxy groups -OCH3 is 1. The van der Waals surface area contributed by atoms with Crippen LogP contribution in [0, 0.1) is 5.41 Å². The zero-order valence-corrected chi connectivity index (χ0v) is 18.4. The standard InChI is InChI=1S/C24H31N3O4/c1-4-30-21-12-9-16(15-22(21)31-5-2)24(29-3)27-23(25)19-8-6-7-18-17(19)10-11-20(18)26-13-14-28/h6-9,12,15,20,25-26,28H,4-5,10-11,13-14H2,1-3H3. The van der Waals surface area contributed by atoms with E-state index in [1.807, 2.05) is 44.2 Å². The lowest BCUT2D eigenvalue weighted by Crippen LogP contribution is -2.22. The third-order valence-electron chi connectivity index (χ3n) is 5.23. The van der Waals surface area contributed by atoms with Gasteiger partial charge < -0.3 is 24.6 Å². The van der Waals surface area contributed by atoms with E-state index in [-0.39, 0.29) is 18.5 Å². The van der Waals surface area contributed by atoms with E-state index in [2.05, 4.69) is 16.4 Å². The second-order valence-electron chi connectivity index (χ2n) is 7.14. The van der Waals surface area contributed by atoms with Crippen LogP contribution in [0.15, 0.2) is 41.4 Å². The molecule has 7 heteroatoms. The fourth-order valence-corrected chi connectivity index (χ4v) is 3.90. The fourth-order valence-electron chi connectivity index (χ4n) is 3.90. The summed E-state index contributed by atoms with van der Waals surface area (Å²) in [4.78, 5) is 4.50. The molecule has 3 N–H and O–H groups in total. The molecule has 0 aromatic heterocycles. The van der Waals surface area contributed by atoms with Crippen molar-refractivity contribution >= 4 is 11.7 Å². The molecule has 166 valence electrons. The first-order chi connectivity index (χ1) is 15.1. The van der Waals surface area contributed by atoms with Crippen LogP contribution in [0.5, 0.6) is 11.5 Å². The monoisotopic (exact) mass is 425 g/mol. The number of amidine groups is 1. The zero-order valence-electron chi connectivity index (χ0n) is 18.4. The van der Waals surface area contributed by atoms with Crippen molar-refractivity contribution < 1.29 is 19.3 Å². The van der Waals surface area contributed by atoms with E-state index >= 15 is 0 Å². The van der Waals surface area contributed by atoms with Crippen molar-refractivity contribution in [1.29, 1.82) is 5.41 Å². The molecule has 0 saturated carbocycles. The van der Waals surface area contributed by atoms with Gasteiger partial charge in [-0.15, -0.1) is 0 Å². The first-order valence-corrected chi connectivity index (χ1v) is 10.7. The van der Waals surface area contributed by atoms with E-state index in [9.17, 15) is 0 Å². The van der Waals surface area contributed by atoms with Gasteiger partial charge in [-0.2, -0.15) is 4.99 Å². The van der Waals surface area contributed by atoms with Crippen molar-refractivity contribution in [2.75, 3.05) is 33.5 Å². The molecule has 0 spiro atoms. The van der Waals surface area contributed by atoms with Gasteiger partial charge in [-0.25, -0.2) is 0 Å². The zero-order chi connectivity index (χ0) is 22.2. The summed E-state index contributed by atoms with van der Waals surface area (Å²) in [6, 6.07) is 11.7. The Balaban J connectivity index is 1.90. The molecular weight excluding hydrogens is 394 g/mol. The van der Waals surface area contributed by atoms with Gasteiger partial charge in [0, 0.05) is 23.7 Å². The number of hydrogen-bond donors (Lipinski definition) is 3. The molecule has 0 saturated heterocycles. The lowest BCUT2D eigenvalue weighted by molar-refractivity contribution is 0.284. The van der Waals surface area contributed by atoms with Crippen molar-refractivity contribution in [1.82, 2.24) is 5.32 Å². The van der Waals surface area contributed by atoms with Crippen molar-refractivity contribution in [3.8, 4) is 11.5 Å². The summed E-state index contributed by atoms with van der Waals surface area (Å²) in [6.07, 6.45) is 1.81. The minimum Gasteiger partial charge on any atom is -0.490 e. The molecule has 0 bridgehead atoms. The Morgan fingerprint density at radius 1 is 1.16 bits per heavy atom. The van der Waals surface area contributed by atoms with Crippen molar-refractivity contribution in [2.45, 2.75) is 32.7 Å². The molecular formula is C24H31N3O4. The molecule has 1 atom stereocenters. The molecule has 0 heterocycles. The summed E-state index contributed by atoms with van der Waals surface area (Å²) in [7, 11) is 1.55. The third kappa shape index (κ3) is 5.24. The summed E-state index contributed by atoms with van der Waals surface area (Å²) in [6.45, 7) is 5.56. The van der Waals surface area contributed by atoms with Gasteiger partial charge in [0.15, 0.2) is 17.3 Å². The highest BCUT2D eigenvalue weighted by Crippen LogP contribution is 2.34. The number of aliphatic hydroxyl groups is 1.